The van der Waals surface area contributed by atoms with Gasteiger partial charge in [0.1, 0.15) is 0 Å². The van der Waals surface area contributed by atoms with Gasteiger partial charge < -0.3 is 10.5 Å². The maximum absolute atomic E-state index is 5.64. The molecule has 2 N–H and O–H groups in total. The molecule has 2 aromatic rings. The van der Waals surface area contributed by atoms with Crippen LogP contribution in [0.2, 0.25) is 0 Å². The molecule has 5 nitrogen and oxygen atoms in total. The molecule has 17 heavy (non-hydrogen) atoms. The molecule has 0 aliphatic rings. The molecule has 2 aromatic heterocycles. The second-order valence-electron chi connectivity index (χ2n) is 3.96. The van der Waals surface area contributed by atoms with Crippen molar-refractivity contribution in [1.82, 2.24) is 14.8 Å². The SMILES string of the molecule is Cc1cc(CCN)cnc1Oc1cnn(C)c1. The lowest BCUT2D eigenvalue weighted by Crippen LogP contribution is -2.03. The van der Waals surface area contributed by atoms with E-state index in [9.17, 15) is 0 Å². The third kappa shape index (κ3) is 2.82. The molecular formula is C12H16N4O. The lowest BCUT2D eigenvalue weighted by Gasteiger charge is -2.06. The molecule has 0 radical (unpaired) electrons. The van der Waals surface area contributed by atoms with Crippen LogP contribution >= 0.6 is 0 Å². The van der Waals surface area contributed by atoms with Gasteiger partial charge in [-0.1, -0.05) is 0 Å². The molecule has 0 atom stereocenters. The second-order valence-corrected chi connectivity index (χ2v) is 3.96. The molecule has 0 amide bonds. The lowest BCUT2D eigenvalue weighted by atomic mass is 10.1. The fourth-order valence-electron chi connectivity index (χ4n) is 1.59. The van der Waals surface area contributed by atoms with Gasteiger partial charge in [-0.15, -0.1) is 0 Å². The van der Waals surface area contributed by atoms with Crippen LogP contribution in [0.25, 0.3) is 0 Å². The monoisotopic (exact) mass is 232 g/mol. The van der Waals surface area contributed by atoms with E-state index in [0.717, 1.165) is 17.5 Å². The van der Waals surface area contributed by atoms with E-state index in [1.165, 1.54) is 0 Å². The Labute approximate surface area is 100 Å². The number of nitrogens with two attached hydrogens (primary N) is 1. The van der Waals surface area contributed by atoms with Crippen molar-refractivity contribution in [3.05, 3.63) is 35.8 Å². The molecule has 2 rings (SSSR count). The van der Waals surface area contributed by atoms with Gasteiger partial charge in [0.25, 0.3) is 0 Å². The summed E-state index contributed by atoms with van der Waals surface area (Å²) in [5.74, 6) is 1.30. The Kier molecular flexibility index (Phi) is 3.39. The fraction of sp³-hybridized carbons (Fsp3) is 0.333. The van der Waals surface area contributed by atoms with E-state index < -0.39 is 0 Å². The first kappa shape index (κ1) is 11.6. The zero-order chi connectivity index (χ0) is 12.3. The smallest absolute Gasteiger partial charge is 0.222 e. The van der Waals surface area contributed by atoms with Crippen LogP contribution in [0.15, 0.2) is 24.7 Å². The van der Waals surface area contributed by atoms with E-state index in [4.69, 9.17) is 10.5 Å². The first-order chi connectivity index (χ1) is 8.19. The Morgan fingerprint density at radius 3 is 2.82 bits per heavy atom. The van der Waals surface area contributed by atoms with E-state index in [1.54, 1.807) is 23.3 Å². The van der Waals surface area contributed by atoms with E-state index in [1.807, 2.05) is 20.0 Å². The largest absolute Gasteiger partial charge is 0.435 e. The molecule has 0 fully saturated rings. The number of ether oxygens (including phenoxy) is 1. The van der Waals surface area contributed by atoms with Crippen molar-refractivity contribution in [2.75, 3.05) is 6.54 Å². The predicted octanol–water partition coefficient (Wildman–Crippen LogP) is 1.42. The molecular weight excluding hydrogens is 216 g/mol. The number of aromatic nitrogens is 3. The van der Waals surface area contributed by atoms with E-state index in [2.05, 4.69) is 10.1 Å². The molecule has 0 aromatic carbocycles. The first-order valence-electron chi connectivity index (χ1n) is 5.51. The summed E-state index contributed by atoms with van der Waals surface area (Å²) in [7, 11) is 1.84. The Balaban J connectivity index is 2.16. The highest BCUT2D eigenvalue weighted by Crippen LogP contribution is 2.22. The van der Waals surface area contributed by atoms with Gasteiger partial charge in [0.15, 0.2) is 5.75 Å². The summed E-state index contributed by atoms with van der Waals surface area (Å²) in [6, 6.07) is 2.05. The molecule has 0 unspecified atom stereocenters. The molecule has 0 saturated carbocycles. The van der Waals surface area contributed by atoms with Crippen molar-refractivity contribution in [2.24, 2.45) is 12.8 Å². The van der Waals surface area contributed by atoms with Crippen LogP contribution in [0.5, 0.6) is 11.6 Å². The Hall–Kier alpha value is -1.88. The van der Waals surface area contributed by atoms with E-state index >= 15 is 0 Å². The highest BCUT2D eigenvalue weighted by Gasteiger charge is 2.05. The quantitative estimate of drug-likeness (QED) is 0.865. The summed E-state index contributed by atoms with van der Waals surface area (Å²) in [5.41, 5.74) is 7.63. The number of hydrogen-bond donors (Lipinski definition) is 1. The van der Waals surface area contributed by atoms with E-state index in [-0.39, 0.29) is 0 Å². The van der Waals surface area contributed by atoms with E-state index in [0.29, 0.717) is 18.2 Å². The maximum atomic E-state index is 5.64. The van der Waals surface area contributed by atoms with Gasteiger partial charge in [-0.2, -0.15) is 5.10 Å². The molecule has 90 valence electrons. The minimum Gasteiger partial charge on any atom is -0.435 e. The van der Waals surface area contributed by atoms with Crippen LogP contribution in [-0.2, 0) is 13.5 Å². The van der Waals surface area contributed by atoms with Gasteiger partial charge >= 0.3 is 0 Å². The summed E-state index contributed by atoms with van der Waals surface area (Å²) in [6.45, 7) is 2.60. The highest BCUT2D eigenvalue weighted by molar-refractivity contribution is 5.32. The zero-order valence-electron chi connectivity index (χ0n) is 10.1. The lowest BCUT2D eigenvalue weighted by molar-refractivity contribution is 0.458. The number of pyridine rings is 1. The minimum absolute atomic E-state index is 0.610. The molecule has 0 aliphatic carbocycles. The summed E-state index contributed by atoms with van der Waals surface area (Å²) >= 11 is 0. The Morgan fingerprint density at radius 1 is 1.41 bits per heavy atom. The summed E-state index contributed by atoms with van der Waals surface area (Å²) < 4.78 is 7.33. The van der Waals surface area contributed by atoms with Crippen molar-refractivity contribution in [2.45, 2.75) is 13.3 Å². The number of rotatable bonds is 4. The number of hydrogen-bond acceptors (Lipinski definition) is 4. The third-order valence-corrected chi connectivity index (χ3v) is 2.42. The molecule has 5 heteroatoms. The third-order valence-electron chi connectivity index (χ3n) is 2.42. The van der Waals surface area contributed by atoms with Gasteiger partial charge in [0, 0.05) is 18.8 Å². The van der Waals surface area contributed by atoms with Crippen LogP contribution < -0.4 is 10.5 Å². The standard InChI is InChI=1S/C12H16N4O/c1-9-5-10(3-4-13)6-14-12(9)17-11-7-15-16(2)8-11/h5-8H,3-4,13H2,1-2H3. The zero-order valence-corrected chi connectivity index (χ0v) is 10.1. The number of aryl methyl sites for hydroxylation is 2. The maximum Gasteiger partial charge on any atom is 0.222 e. The fourth-order valence-corrected chi connectivity index (χ4v) is 1.59. The second kappa shape index (κ2) is 4.97. The topological polar surface area (TPSA) is 66.0 Å². The van der Waals surface area contributed by atoms with Gasteiger partial charge in [0.05, 0.1) is 12.4 Å². The Bertz CT molecular complexity index is 507. The van der Waals surface area contributed by atoms with Crippen LogP contribution in [0.3, 0.4) is 0 Å². The van der Waals surface area contributed by atoms with Gasteiger partial charge in [-0.25, -0.2) is 4.98 Å². The van der Waals surface area contributed by atoms with Gasteiger partial charge in [-0.3, -0.25) is 4.68 Å². The van der Waals surface area contributed by atoms with Crippen molar-refractivity contribution >= 4 is 0 Å². The molecule has 0 aliphatic heterocycles. The highest BCUT2D eigenvalue weighted by atomic mass is 16.5. The van der Waals surface area contributed by atoms with Crippen molar-refractivity contribution in [3.63, 3.8) is 0 Å². The molecule has 2 heterocycles. The van der Waals surface area contributed by atoms with Crippen LogP contribution in [0.4, 0.5) is 0 Å². The minimum atomic E-state index is 0.610. The summed E-state index contributed by atoms with van der Waals surface area (Å²) in [5, 5.41) is 4.04. The van der Waals surface area contributed by atoms with Crippen LogP contribution in [0.1, 0.15) is 11.1 Å². The molecule has 0 saturated heterocycles. The van der Waals surface area contributed by atoms with Crippen molar-refractivity contribution in [3.8, 4) is 11.6 Å². The average molecular weight is 232 g/mol. The van der Waals surface area contributed by atoms with Crippen LogP contribution in [-0.4, -0.2) is 21.3 Å². The Morgan fingerprint density at radius 2 is 2.24 bits per heavy atom. The van der Waals surface area contributed by atoms with Crippen molar-refractivity contribution < 1.29 is 4.74 Å². The first-order valence-corrected chi connectivity index (χ1v) is 5.51. The van der Waals surface area contributed by atoms with Gasteiger partial charge in [-0.05, 0) is 31.5 Å². The van der Waals surface area contributed by atoms with Crippen LogP contribution in [0, 0.1) is 6.92 Å². The summed E-state index contributed by atoms with van der Waals surface area (Å²) in [4.78, 5) is 4.29. The van der Waals surface area contributed by atoms with Gasteiger partial charge in [0.2, 0.25) is 5.88 Å². The predicted molar refractivity (Wildman–Crippen MR) is 65.0 cm³/mol. The molecule has 0 bridgehead atoms. The summed E-state index contributed by atoms with van der Waals surface area (Å²) in [6.07, 6.45) is 6.09. The average Bonchev–Trinajstić information content (AvgIpc) is 2.69. The normalized spacial score (nSPS) is 10.5. The van der Waals surface area contributed by atoms with Crippen molar-refractivity contribution in [1.29, 1.82) is 0 Å². The molecule has 0 spiro atoms. The number of nitrogens with zero attached hydrogens (tertiary/aromatic N) is 3.